The highest BCUT2D eigenvalue weighted by Gasteiger charge is 2.50. The average molecular weight is 531 g/mol. The lowest BCUT2D eigenvalue weighted by Crippen LogP contribution is -2.75. The number of aryl methyl sites for hydroxylation is 2. The summed E-state index contributed by atoms with van der Waals surface area (Å²) in [5, 5.41) is 13.1. The van der Waals surface area contributed by atoms with E-state index in [1.807, 2.05) is 48.1 Å². The summed E-state index contributed by atoms with van der Waals surface area (Å²) in [4.78, 5) is 48.6. The summed E-state index contributed by atoms with van der Waals surface area (Å²) >= 11 is 0. The maximum Gasteiger partial charge on any atom is 0.246 e. The van der Waals surface area contributed by atoms with Gasteiger partial charge >= 0.3 is 0 Å². The van der Waals surface area contributed by atoms with Gasteiger partial charge in [0.2, 0.25) is 17.7 Å². The zero-order valence-corrected chi connectivity index (χ0v) is 22.3. The number of benzene rings is 2. The molecule has 5 rings (SSSR count). The maximum absolute atomic E-state index is 13.9. The van der Waals surface area contributed by atoms with E-state index in [2.05, 4.69) is 4.98 Å². The highest BCUT2D eigenvalue weighted by molar-refractivity contribution is 5.91. The number of aromatic nitrogens is 2. The van der Waals surface area contributed by atoms with Crippen molar-refractivity contribution in [3.8, 4) is 5.75 Å². The fraction of sp³-hybridized carbons (Fsp3) is 0.379. The van der Waals surface area contributed by atoms with E-state index in [-0.39, 0.29) is 49.5 Å². The third-order valence-electron chi connectivity index (χ3n) is 7.51. The minimum atomic E-state index is -0.783. The standard InChI is InChI=1S/C29H34N6O4/c1-31-16-15-30-25(31)18-33-19-26-34(24(29(33)39)17-22-11-13-23(36)14-12-22)28(38)20-32(2)35(26)27(37)10-6-9-21-7-4-3-5-8-21/h3-5,7-8,11-16,24,26,36H,6,9-10,17-20H2,1-2H3/t24-,26?/m0/s1. The Hall–Kier alpha value is -4.18. The molecule has 2 aliphatic rings. The van der Waals surface area contributed by atoms with E-state index in [1.165, 1.54) is 5.56 Å². The van der Waals surface area contributed by atoms with Crippen LogP contribution in [0.15, 0.2) is 67.0 Å². The fourth-order valence-electron chi connectivity index (χ4n) is 5.49. The fourth-order valence-corrected chi connectivity index (χ4v) is 5.49. The van der Waals surface area contributed by atoms with Crippen LogP contribution in [0.1, 0.15) is 29.8 Å². The number of hydrazine groups is 1. The minimum Gasteiger partial charge on any atom is -0.508 e. The number of hydrogen-bond acceptors (Lipinski definition) is 6. The first-order valence-electron chi connectivity index (χ1n) is 13.2. The predicted molar refractivity (Wildman–Crippen MR) is 144 cm³/mol. The Labute approximate surface area is 228 Å². The molecule has 1 aromatic heterocycles. The molecule has 0 spiro atoms. The third-order valence-corrected chi connectivity index (χ3v) is 7.51. The van der Waals surface area contributed by atoms with Crippen LogP contribution in [-0.4, -0.2) is 84.5 Å². The second-order valence-corrected chi connectivity index (χ2v) is 10.2. The smallest absolute Gasteiger partial charge is 0.246 e. The second kappa shape index (κ2) is 11.3. The summed E-state index contributed by atoms with van der Waals surface area (Å²) in [6.45, 7) is 0.477. The van der Waals surface area contributed by atoms with Gasteiger partial charge < -0.3 is 19.5 Å². The Bertz CT molecular complexity index is 1330. The Kier molecular flexibility index (Phi) is 7.65. The molecule has 1 N–H and O–H groups in total. The number of aromatic hydroxyl groups is 1. The highest BCUT2D eigenvalue weighted by atomic mass is 16.3. The minimum absolute atomic E-state index is 0.0135. The van der Waals surface area contributed by atoms with Gasteiger partial charge in [-0.3, -0.25) is 19.4 Å². The number of imidazole rings is 1. The number of nitrogens with zero attached hydrogens (tertiary/aromatic N) is 6. The highest BCUT2D eigenvalue weighted by Crippen LogP contribution is 2.29. The molecule has 2 aromatic carbocycles. The summed E-state index contributed by atoms with van der Waals surface area (Å²) in [6.07, 6.45) is 4.95. The topological polar surface area (TPSA) is 102 Å². The number of fused-ring (bicyclic) bond motifs is 1. The quantitative estimate of drug-likeness (QED) is 0.478. The molecule has 2 aliphatic heterocycles. The van der Waals surface area contributed by atoms with Crippen LogP contribution in [-0.2, 0) is 40.8 Å². The van der Waals surface area contributed by atoms with E-state index >= 15 is 0 Å². The van der Waals surface area contributed by atoms with Crippen molar-refractivity contribution in [1.82, 2.24) is 29.4 Å². The third kappa shape index (κ3) is 5.65. The first-order chi connectivity index (χ1) is 18.8. The van der Waals surface area contributed by atoms with Gasteiger partial charge in [0.05, 0.1) is 19.6 Å². The lowest BCUT2D eigenvalue weighted by molar-refractivity contribution is -0.203. The van der Waals surface area contributed by atoms with Crippen LogP contribution >= 0.6 is 0 Å². The van der Waals surface area contributed by atoms with Crippen molar-refractivity contribution < 1.29 is 19.5 Å². The van der Waals surface area contributed by atoms with Gasteiger partial charge in [0.15, 0.2) is 0 Å². The Morgan fingerprint density at radius 3 is 2.46 bits per heavy atom. The van der Waals surface area contributed by atoms with Gasteiger partial charge in [0.25, 0.3) is 0 Å². The normalized spacial score (nSPS) is 19.9. The lowest BCUT2D eigenvalue weighted by Gasteiger charge is -2.54. The van der Waals surface area contributed by atoms with Gasteiger partial charge in [0.1, 0.15) is 23.8 Å². The SMILES string of the molecule is CN1CC(=O)N2C(CN(Cc3nccn3C)C(=O)[C@@H]2Cc2ccc(O)cc2)N1C(=O)CCCc1ccccc1. The monoisotopic (exact) mass is 530 g/mol. The van der Waals surface area contributed by atoms with Crippen LogP contribution in [0.25, 0.3) is 0 Å². The molecule has 3 aromatic rings. The molecule has 2 fully saturated rings. The molecular weight excluding hydrogens is 496 g/mol. The van der Waals surface area contributed by atoms with Crippen molar-refractivity contribution >= 4 is 17.7 Å². The van der Waals surface area contributed by atoms with Gasteiger partial charge in [-0.25, -0.2) is 9.99 Å². The number of likely N-dealkylation sites (N-methyl/N-ethyl adjacent to an activating group) is 1. The van der Waals surface area contributed by atoms with Crippen LogP contribution in [0, 0.1) is 0 Å². The molecule has 0 aliphatic carbocycles. The van der Waals surface area contributed by atoms with Crippen molar-refractivity contribution in [2.24, 2.45) is 7.05 Å². The number of piperazine rings is 1. The van der Waals surface area contributed by atoms with Crippen molar-refractivity contribution in [2.75, 3.05) is 20.1 Å². The summed E-state index contributed by atoms with van der Waals surface area (Å²) in [6, 6.07) is 15.9. The van der Waals surface area contributed by atoms with Crippen LogP contribution in [0.5, 0.6) is 5.75 Å². The molecule has 10 heteroatoms. The van der Waals surface area contributed by atoms with Crippen LogP contribution < -0.4 is 0 Å². The zero-order chi connectivity index (χ0) is 27.5. The van der Waals surface area contributed by atoms with Gasteiger partial charge in [-0.1, -0.05) is 42.5 Å². The van der Waals surface area contributed by atoms with E-state index in [1.54, 1.807) is 57.3 Å². The number of hydrogen-bond donors (Lipinski definition) is 1. The van der Waals surface area contributed by atoms with Crippen molar-refractivity contribution in [1.29, 1.82) is 0 Å². The molecule has 1 unspecified atom stereocenters. The van der Waals surface area contributed by atoms with E-state index in [0.717, 1.165) is 17.8 Å². The Balaban J connectivity index is 1.41. The number of carbonyl (C=O) groups excluding carboxylic acids is 3. The summed E-state index contributed by atoms with van der Waals surface area (Å²) < 4.78 is 1.86. The van der Waals surface area contributed by atoms with E-state index in [4.69, 9.17) is 0 Å². The average Bonchev–Trinajstić information content (AvgIpc) is 3.32. The number of phenols is 1. The van der Waals surface area contributed by atoms with E-state index < -0.39 is 12.2 Å². The second-order valence-electron chi connectivity index (χ2n) is 10.2. The molecule has 0 bridgehead atoms. The summed E-state index contributed by atoms with van der Waals surface area (Å²) in [5.41, 5.74) is 1.99. The molecule has 3 amide bonds. The van der Waals surface area contributed by atoms with Crippen LogP contribution in [0.4, 0.5) is 0 Å². The lowest BCUT2D eigenvalue weighted by atomic mass is 9.98. The maximum atomic E-state index is 13.9. The summed E-state index contributed by atoms with van der Waals surface area (Å²) in [5.74, 6) is 0.397. The number of carbonyl (C=O) groups is 3. The zero-order valence-electron chi connectivity index (χ0n) is 22.3. The Morgan fingerprint density at radius 2 is 1.77 bits per heavy atom. The molecule has 10 nitrogen and oxygen atoms in total. The van der Waals surface area contributed by atoms with E-state index in [9.17, 15) is 19.5 Å². The molecule has 3 heterocycles. The predicted octanol–water partition coefficient (Wildman–Crippen LogP) is 1.95. The van der Waals surface area contributed by atoms with Gasteiger partial charge in [0, 0.05) is 39.3 Å². The van der Waals surface area contributed by atoms with Crippen LogP contribution in [0.2, 0.25) is 0 Å². The first-order valence-corrected chi connectivity index (χ1v) is 13.2. The molecular formula is C29H34N6O4. The molecule has 0 radical (unpaired) electrons. The van der Waals surface area contributed by atoms with Gasteiger partial charge in [-0.2, -0.15) is 0 Å². The van der Waals surface area contributed by atoms with Crippen LogP contribution in [0.3, 0.4) is 0 Å². The van der Waals surface area contributed by atoms with Crippen molar-refractivity contribution in [3.05, 3.63) is 83.9 Å². The molecule has 39 heavy (non-hydrogen) atoms. The molecule has 204 valence electrons. The van der Waals surface area contributed by atoms with Gasteiger partial charge in [-0.15, -0.1) is 0 Å². The number of rotatable bonds is 8. The largest absolute Gasteiger partial charge is 0.508 e. The molecule has 0 saturated carbocycles. The summed E-state index contributed by atoms with van der Waals surface area (Å²) in [7, 11) is 3.62. The Morgan fingerprint density at radius 1 is 1.03 bits per heavy atom. The molecule has 2 saturated heterocycles. The first kappa shape index (κ1) is 26.4. The molecule has 2 atom stereocenters. The van der Waals surface area contributed by atoms with Gasteiger partial charge in [-0.05, 0) is 36.1 Å². The van der Waals surface area contributed by atoms with Crippen molar-refractivity contribution in [2.45, 2.75) is 44.4 Å². The number of phenolic OH excluding ortho intramolecular Hbond substituents is 1. The number of amides is 3. The van der Waals surface area contributed by atoms with E-state index in [0.29, 0.717) is 12.8 Å². The van der Waals surface area contributed by atoms with Crippen molar-refractivity contribution in [3.63, 3.8) is 0 Å².